The molecule has 0 aliphatic carbocycles. The van der Waals surface area contributed by atoms with E-state index < -0.39 is 0 Å². The van der Waals surface area contributed by atoms with E-state index in [0.29, 0.717) is 6.61 Å². The molecule has 2 aromatic carbocycles. The maximum atomic E-state index is 6.24. The maximum absolute atomic E-state index is 6.24. The Morgan fingerprint density at radius 2 is 1.59 bits per heavy atom. The SMILES string of the molecule is COc1ccc(CCCOC(C[n+]2cc[nH]c2)c2ccc(OC)cc2)cc1. The van der Waals surface area contributed by atoms with Crippen molar-refractivity contribution in [2.45, 2.75) is 25.5 Å². The maximum Gasteiger partial charge on any atom is 0.241 e. The summed E-state index contributed by atoms with van der Waals surface area (Å²) in [7, 11) is 3.36. The first kappa shape index (κ1) is 19.0. The molecular formula is C22H27N2O3+. The van der Waals surface area contributed by atoms with Gasteiger partial charge in [0.1, 0.15) is 36.5 Å². The van der Waals surface area contributed by atoms with E-state index in [9.17, 15) is 0 Å². The minimum Gasteiger partial charge on any atom is -0.497 e. The highest BCUT2D eigenvalue weighted by molar-refractivity contribution is 5.28. The van der Waals surface area contributed by atoms with Crippen LogP contribution in [0, 0.1) is 0 Å². The molecule has 0 fully saturated rings. The fourth-order valence-corrected chi connectivity index (χ4v) is 2.99. The molecule has 1 N–H and O–H groups in total. The summed E-state index contributed by atoms with van der Waals surface area (Å²) < 4.78 is 18.8. The van der Waals surface area contributed by atoms with E-state index in [2.05, 4.69) is 33.8 Å². The second-order valence-corrected chi connectivity index (χ2v) is 6.39. The van der Waals surface area contributed by atoms with Crippen molar-refractivity contribution in [1.82, 2.24) is 4.98 Å². The number of rotatable bonds is 10. The molecular weight excluding hydrogens is 340 g/mol. The number of imidazole rings is 1. The van der Waals surface area contributed by atoms with Crippen LogP contribution in [0.3, 0.4) is 0 Å². The van der Waals surface area contributed by atoms with Gasteiger partial charge < -0.3 is 14.2 Å². The number of benzene rings is 2. The fourth-order valence-electron chi connectivity index (χ4n) is 2.99. The van der Waals surface area contributed by atoms with E-state index in [-0.39, 0.29) is 6.10 Å². The predicted molar refractivity (Wildman–Crippen MR) is 104 cm³/mol. The Morgan fingerprint density at radius 3 is 2.19 bits per heavy atom. The molecule has 0 radical (unpaired) electrons. The summed E-state index contributed by atoms with van der Waals surface area (Å²) in [5, 5.41) is 0. The number of methoxy groups -OCH3 is 2. The lowest BCUT2D eigenvalue weighted by atomic mass is 10.1. The number of ether oxygens (including phenoxy) is 3. The standard InChI is InChI=1S/C22H26N2O3/c1-25-20-9-5-18(6-10-20)4-3-15-27-22(16-24-14-13-23-17-24)19-7-11-21(26-2)12-8-19/h5-14,17,22H,3-4,15-16H2,1-2H3/p+1. The molecule has 0 bridgehead atoms. The molecule has 3 rings (SSSR count). The lowest BCUT2D eigenvalue weighted by Crippen LogP contribution is -2.35. The molecule has 5 heteroatoms. The lowest BCUT2D eigenvalue weighted by Gasteiger charge is -2.17. The minimum absolute atomic E-state index is 0.00688. The Labute approximate surface area is 160 Å². The molecule has 0 aliphatic rings. The molecule has 3 aromatic rings. The van der Waals surface area contributed by atoms with Crippen LogP contribution in [-0.4, -0.2) is 25.8 Å². The van der Waals surface area contributed by atoms with Gasteiger partial charge in [0.2, 0.25) is 6.33 Å². The molecule has 5 nitrogen and oxygen atoms in total. The highest BCUT2D eigenvalue weighted by atomic mass is 16.5. The Hall–Kier alpha value is -2.79. The van der Waals surface area contributed by atoms with Gasteiger partial charge in [-0.05, 0) is 48.2 Å². The quantitative estimate of drug-likeness (QED) is 0.439. The molecule has 27 heavy (non-hydrogen) atoms. The molecule has 1 unspecified atom stereocenters. The normalized spacial score (nSPS) is 11.9. The van der Waals surface area contributed by atoms with Gasteiger partial charge in [-0.1, -0.05) is 24.3 Å². The van der Waals surface area contributed by atoms with Crippen LogP contribution < -0.4 is 14.0 Å². The summed E-state index contributed by atoms with van der Waals surface area (Å²) in [5.74, 6) is 1.74. The van der Waals surface area contributed by atoms with Crippen molar-refractivity contribution in [2.75, 3.05) is 20.8 Å². The summed E-state index contributed by atoms with van der Waals surface area (Å²) in [5.41, 5.74) is 2.44. The van der Waals surface area contributed by atoms with Gasteiger partial charge in [0.05, 0.1) is 14.2 Å². The Morgan fingerprint density at radius 1 is 0.926 bits per heavy atom. The number of hydrogen-bond acceptors (Lipinski definition) is 3. The third-order valence-electron chi connectivity index (χ3n) is 4.55. The third-order valence-corrected chi connectivity index (χ3v) is 4.55. The van der Waals surface area contributed by atoms with Crippen LogP contribution in [0.1, 0.15) is 23.7 Å². The van der Waals surface area contributed by atoms with Gasteiger partial charge in [0.25, 0.3) is 0 Å². The van der Waals surface area contributed by atoms with Gasteiger partial charge in [-0.25, -0.2) is 4.57 Å². The zero-order valence-electron chi connectivity index (χ0n) is 15.9. The Kier molecular flexibility index (Phi) is 6.88. The summed E-state index contributed by atoms with van der Waals surface area (Å²) in [6, 6.07) is 16.3. The summed E-state index contributed by atoms with van der Waals surface area (Å²) in [4.78, 5) is 3.08. The van der Waals surface area contributed by atoms with E-state index in [1.807, 2.05) is 43.0 Å². The van der Waals surface area contributed by atoms with Gasteiger partial charge in [0, 0.05) is 6.61 Å². The van der Waals surface area contributed by atoms with Crippen LogP contribution in [0.2, 0.25) is 0 Å². The van der Waals surface area contributed by atoms with Crippen molar-refractivity contribution in [3.8, 4) is 11.5 Å². The second-order valence-electron chi connectivity index (χ2n) is 6.39. The molecule has 0 saturated heterocycles. The van der Waals surface area contributed by atoms with Crippen LogP contribution in [0.4, 0.5) is 0 Å². The largest absolute Gasteiger partial charge is 0.497 e. The monoisotopic (exact) mass is 367 g/mol. The third kappa shape index (κ3) is 5.59. The Bertz CT molecular complexity index is 783. The van der Waals surface area contributed by atoms with E-state index in [1.165, 1.54) is 5.56 Å². The zero-order valence-corrected chi connectivity index (χ0v) is 15.9. The van der Waals surface area contributed by atoms with Gasteiger partial charge in [0.15, 0.2) is 0 Å². The van der Waals surface area contributed by atoms with Crippen LogP contribution >= 0.6 is 0 Å². The predicted octanol–water partition coefficient (Wildman–Crippen LogP) is 3.71. The summed E-state index contributed by atoms with van der Waals surface area (Å²) in [6.07, 6.45) is 7.81. The van der Waals surface area contributed by atoms with Gasteiger partial charge in [-0.2, -0.15) is 0 Å². The molecule has 1 heterocycles. The van der Waals surface area contributed by atoms with Crippen molar-refractivity contribution >= 4 is 0 Å². The van der Waals surface area contributed by atoms with Crippen molar-refractivity contribution in [3.63, 3.8) is 0 Å². The number of aromatic amines is 1. The van der Waals surface area contributed by atoms with Crippen LogP contribution in [0.15, 0.2) is 67.3 Å². The molecule has 142 valence electrons. The highest BCUT2D eigenvalue weighted by Crippen LogP contribution is 2.22. The zero-order chi connectivity index (χ0) is 18.9. The first-order chi connectivity index (χ1) is 13.3. The van der Waals surface area contributed by atoms with Crippen LogP contribution in [0.5, 0.6) is 11.5 Å². The van der Waals surface area contributed by atoms with E-state index in [4.69, 9.17) is 14.2 Å². The summed E-state index contributed by atoms with van der Waals surface area (Å²) >= 11 is 0. The number of nitrogens with one attached hydrogen (secondary N) is 1. The smallest absolute Gasteiger partial charge is 0.241 e. The number of hydrogen-bond donors (Lipinski definition) is 1. The van der Waals surface area contributed by atoms with E-state index in [1.54, 1.807) is 14.2 Å². The molecule has 1 aromatic heterocycles. The van der Waals surface area contributed by atoms with Crippen molar-refractivity contribution in [1.29, 1.82) is 0 Å². The molecule has 0 amide bonds. The molecule has 0 spiro atoms. The first-order valence-corrected chi connectivity index (χ1v) is 9.19. The number of aromatic nitrogens is 2. The number of H-pyrrole nitrogens is 1. The van der Waals surface area contributed by atoms with Crippen molar-refractivity contribution in [2.24, 2.45) is 0 Å². The molecule has 1 atom stereocenters. The minimum atomic E-state index is -0.00688. The topological polar surface area (TPSA) is 47.4 Å². The van der Waals surface area contributed by atoms with Gasteiger partial charge in [-0.15, -0.1) is 0 Å². The summed E-state index contributed by atoms with van der Waals surface area (Å²) in [6.45, 7) is 1.46. The van der Waals surface area contributed by atoms with Crippen molar-refractivity contribution in [3.05, 3.63) is 78.4 Å². The van der Waals surface area contributed by atoms with Gasteiger partial charge >= 0.3 is 0 Å². The number of aryl methyl sites for hydroxylation is 1. The van der Waals surface area contributed by atoms with E-state index >= 15 is 0 Å². The highest BCUT2D eigenvalue weighted by Gasteiger charge is 2.16. The lowest BCUT2D eigenvalue weighted by molar-refractivity contribution is -0.703. The average Bonchev–Trinajstić information content (AvgIpc) is 3.24. The first-order valence-electron chi connectivity index (χ1n) is 9.19. The number of nitrogens with zero attached hydrogens (tertiary/aromatic N) is 1. The van der Waals surface area contributed by atoms with Gasteiger partial charge in [-0.3, -0.25) is 4.98 Å². The van der Waals surface area contributed by atoms with Crippen LogP contribution in [-0.2, 0) is 17.7 Å². The van der Waals surface area contributed by atoms with Crippen molar-refractivity contribution < 1.29 is 18.8 Å². The molecule has 0 aliphatic heterocycles. The average molecular weight is 367 g/mol. The van der Waals surface area contributed by atoms with E-state index in [0.717, 1.165) is 36.4 Å². The Balaban J connectivity index is 1.56. The second kappa shape index (κ2) is 9.78. The molecule has 0 saturated carbocycles. The fraction of sp³-hybridized carbons (Fsp3) is 0.318. The van der Waals surface area contributed by atoms with Crippen LogP contribution in [0.25, 0.3) is 0 Å².